The highest BCUT2D eigenvalue weighted by molar-refractivity contribution is 7.50. The highest BCUT2D eigenvalue weighted by atomic mass is 31.1. The number of rotatable bonds is 3. The molecule has 3 aromatic rings. The van der Waals surface area contributed by atoms with E-state index >= 15 is 0 Å². The molecule has 0 bridgehead atoms. The first-order valence-corrected chi connectivity index (χ1v) is 12.8. The number of nitrogens with zero attached hydrogens (tertiary/aromatic N) is 2. The van der Waals surface area contributed by atoms with E-state index in [1.54, 1.807) is 0 Å². The minimum atomic E-state index is -1.82. The summed E-state index contributed by atoms with van der Waals surface area (Å²) >= 11 is 0. The number of aryl methyl sites for hydroxylation is 1. The van der Waals surface area contributed by atoms with E-state index in [4.69, 9.17) is 9.15 Å². The quantitative estimate of drug-likeness (QED) is 0.193. The Morgan fingerprint density at radius 3 is 2.50 bits per heavy atom. The predicted molar refractivity (Wildman–Crippen MR) is 134 cm³/mol. The summed E-state index contributed by atoms with van der Waals surface area (Å²) in [7, 11) is -1.82. The normalized spacial score (nSPS) is 13.4. The van der Waals surface area contributed by atoms with Crippen molar-refractivity contribution >= 4 is 35.6 Å². The zero-order valence-electron chi connectivity index (χ0n) is 19.1. The molecule has 6 rings (SSSR count). The lowest BCUT2D eigenvalue weighted by Gasteiger charge is -2.31. The van der Waals surface area contributed by atoms with E-state index < -0.39 is 7.77 Å². The van der Waals surface area contributed by atoms with Crippen LogP contribution in [0.4, 0.5) is 11.4 Å². The smallest absolute Gasteiger partial charge is 0.249 e. The molecule has 2 heterocycles. The van der Waals surface area contributed by atoms with Gasteiger partial charge >= 0.3 is 0 Å². The van der Waals surface area contributed by atoms with Gasteiger partial charge in [0.05, 0.1) is 19.1 Å². The third kappa shape index (κ3) is 3.28. The molecule has 0 fully saturated rings. The molecule has 1 aliphatic carbocycles. The van der Waals surface area contributed by atoms with Crippen LogP contribution in [-0.2, 0) is 6.54 Å². The molecule has 0 saturated heterocycles. The number of benzene rings is 4. The Bertz CT molecular complexity index is 1590. The second kappa shape index (κ2) is 8.28. The van der Waals surface area contributed by atoms with Crippen molar-refractivity contribution in [1.82, 2.24) is 0 Å². The van der Waals surface area contributed by atoms with E-state index in [-0.39, 0.29) is 0 Å². The first-order chi connectivity index (χ1) is 16.7. The van der Waals surface area contributed by atoms with Gasteiger partial charge in [-0.25, -0.2) is 0 Å². The fourth-order valence-corrected chi connectivity index (χ4v) is 5.91. The van der Waals surface area contributed by atoms with Crippen LogP contribution in [0.2, 0.25) is 0 Å². The van der Waals surface area contributed by atoms with Crippen molar-refractivity contribution in [2.24, 2.45) is 0 Å². The molecule has 0 aromatic heterocycles. The largest absolute Gasteiger partial charge is 0.625 e. The summed E-state index contributed by atoms with van der Waals surface area (Å²) in [6.07, 6.45) is 0. The van der Waals surface area contributed by atoms with Crippen molar-refractivity contribution in [2.75, 3.05) is 11.4 Å². The van der Waals surface area contributed by atoms with Crippen LogP contribution < -0.4 is 24.4 Å². The lowest BCUT2D eigenvalue weighted by Crippen LogP contribution is -2.36. The highest BCUT2D eigenvalue weighted by Gasteiger charge is 2.25. The molecular weight excluding hydrogens is 443 g/mol. The second-order valence-corrected chi connectivity index (χ2v) is 9.85. The number of aromatic nitrogens is 1. The maximum atomic E-state index is 13.6. The summed E-state index contributed by atoms with van der Waals surface area (Å²) in [5.41, 5.74) is 4.86. The summed E-state index contributed by atoms with van der Waals surface area (Å²) in [5, 5.41) is 0.729. The van der Waals surface area contributed by atoms with Crippen LogP contribution in [0, 0.1) is 4.94 Å². The van der Waals surface area contributed by atoms with E-state index in [1.165, 1.54) is 0 Å². The fraction of sp³-hybridized carbons (Fsp3) is 0.143. The summed E-state index contributed by atoms with van der Waals surface area (Å²) < 4.78 is 14.6. The maximum absolute atomic E-state index is 13.6. The standard InChI is InChI=1S/C28H24N2O3P/c1-3-29-21-9-5-7-11-25(21)32-27-17-19(13-15-23(27)29)34(31)20-14-16-24-28(18-20)33-26-12-8-6-10-22(26)30(24)4-2/h5-18H,3-4H2,1-2H3/q+1. The first kappa shape index (κ1) is 20.9. The molecular formula is C28H24N2O3P+. The number of hydrogen-bond donors (Lipinski definition) is 0. The van der Waals surface area contributed by atoms with Crippen molar-refractivity contribution in [2.45, 2.75) is 20.4 Å². The lowest BCUT2D eigenvalue weighted by atomic mass is 10.1. The molecule has 3 aromatic carbocycles. The number of ether oxygens (including phenoxy) is 1. The van der Waals surface area contributed by atoms with Gasteiger partial charge in [-0.3, -0.25) is 0 Å². The van der Waals surface area contributed by atoms with Gasteiger partial charge in [0.15, 0.2) is 17.1 Å². The molecule has 168 valence electrons. The van der Waals surface area contributed by atoms with Crippen molar-refractivity contribution in [3.63, 3.8) is 0 Å². The van der Waals surface area contributed by atoms with Gasteiger partial charge < -0.3 is 18.9 Å². The molecule has 0 N–H and O–H groups in total. The summed E-state index contributed by atoms with van der Waals surface area (Å²) in [4.78, 5) is 16.6. The Balaban J connectivity index is 1.49. The molecule has 3 aliphatic rings. The van der Waals surface area contributed by atoms with Crippen LogP contribution >= 0.6 is 7.77 Å². The second-order valence-electron chi connectivity index (χ2n) is 8.23. The van der Waals surface area contributed by atoms with Gasteiger partial charge in [-0.15, -0.1) is 0 Å². The van der Waals surface area contributed by atoms with Gasteiger partial charge in [0.2, 0.25) is 17.0 Å². The van der Waals surface area contributed by atoms with Gasteiger partial charge in [-0.1, -0.05) is 24.3 Å². The van der Waals surface area contributed by atoms with Gasteiger partial charge in [0.25, 0.3) is 0 Å². The monoisotopic (exact) mass is 467 g/mol. The van der Waals surface area contributed by atoms with Crippen molar-refractivity contribution < 1.29 is 18.6 Å². The van der Waals surface area contributed by atoms with Crippen LogP contribution in [0.1, 0.15) is 13.8 Å². The number of para-hydroxylation sites is 4. The van der Waals surface area contributed by atoms with E-state index in [9.17, 15) is 4.89 Å². The Kier molecular flexibility index (Phi) is 5.09. The average molecular weight is 467 g/mol. The Morgan fingerprint density at radius 1 is 0.853 bits per heavy atom. The van der Waals surface area contributed by atoms with Gasteiger partial charge in [0, 0.05) is 30.8 Å². The molecule has 1 unspecified atom stereocenters. The van der Waals surface area contributed by atoms with Crippen LogP contribution in [0.5, 0.6) is 11.5 Å². The van der Waals surface area contributed by atoms with E-state index in [0.717, 1.165) is 68.8 Å². The maximum Gasteiger partial charge on any atom is 0.249 e. The first-order valence-electron chi connectivity index (χ1n) is 11.5. The zero-order valence-corrected chi connectivity index (χ0v) is 20.0. The third-order valence-corrected chi connectivity index (χ3v) is 7.82. The number of anilines is 2. The van der Waals surface area contributed by atoms with Crippen LogP contribution in [0.25, 0.3) is 22.6 Å². The van der Waals surface area contributed by atoms with E-state index in [1.807, 2.05) is 72.8 Å². The molecule has 6 heteroatoms. The fourth-order valence-electron chi connectivity index (χ4n) is 4.73. The van der Waals surface area contributed by atoms with Gasteiger partial charge in [0.1, 0.15) is 16.8 Å². The molecule has 2 aliphatic heterocycles. The highest BCUT2D eigenvalue weighted by Crippen LogP contribution is 2.46. The average Bonchev–Trinajstić information content (AvgIpc) is 2.89. The van der Waals surface area contributed by atoms with E-state index in [2.05, 4.69) is 35.4 Å². The minimum Gasteiger partial charge on any atom is -0.625 e. The van der Waals surface area contributed by atoms with Crippen molar-refractivity contribution in [3.05, 3.63) is 89.9 Å². The SMILES string of the molecule is CCN1c2ccccc2Oc2cc([P+]([O-])=c3ccc4[n+](CC)c5ccccc5oc-4c3)ccc21. The molecule has 0 radical (unpaired) electrons. The van der Waals surface area contributed by atoms with Crippen molar-refractivity contribution in [3.8, 4) is 23.0 Å². The Morgan fingerprint density at radius 2 is 1.65 bits per heavy atom. The van der Waals surface area contributed by atoms with Gasteiger partial charge in [-0.2, -0.15) is 4.57 Å². The van der Waals surface area contributed by atoms with Crippen LogP contribution in [0.15, 0.2) is 89.3 Å². The minimum absolute atomic E-state index is 0.724. The molecule has 5 nitrogen and oxygen atoms in total. The Hall–Kier alpha value is -3.66. The van der Waals surface area contributed by atoms with Crippen LogP contribution in [0.3, 0.4) is 0 Å². The van der Waals surface area contributed by atoms with E-state index in [0.29, 0.717) is 0 Å². The number of fused-ring (bicyclic) bond motifs is 4. The predicted octanol–water partition coefficient (Wildman–Crippen LogP) is 5.72. The molecule has 34 heavy (non-hydrogen) atoms. The molecule has 0 spiro atoms. The topological polar surface area (TPSA) is 52.6 Å². The van der Waals surface area contributed by atoms with Crippen molar-refractivity contribution in [1.29, 1.82) is 0 Å². The summed E-state index contributed by atoms with van der Waals surface area (Å²) in [6, 6.07) is 27.7. The molecule has 1 atom stereocenters. The van der Waals surface area contributed by atoms with Gasteiger partial charge in [-0.05, 0) is 50.2 Å². The Labute approximate surface area is 198 Å². The van der Waals surface area contributed by atoms with Crippen LogP contribution in [-0.4, -0.2) is 6.54 Å². The molecule has 0 amide bonds. The summed E-state index contributed by atoms with van der Waals surface area (Å²) in [5.74, 6) is 2.26. The molecule has 0 saturated carbocycles. The number of hydrogen-bond acceptors (Lipinski definition) is 4. The zero-order chi connectivity index (χ0) is 23.2. The third-order valence-electron chi connectivity index (χ3n) is 6.32. The summed E-state index contributed by atoms with van der Waals surface area (Å²) in [6.45, 7) is 5.86. The lowest BCUT2D eigenvalue weighted by molar-refractivity contribution is -0.658.